The molecule has 0 amide bonds. The van der Waals surface area contributed by atoms with Gasteiger partial charge in [-0.25, -0.2) is 4.98 Å². The van der Waals surface area contributed by atoms with Crippen LogP contribution in [0.3, 0.4) is 0 Å². The number of halogens is 1. The van der Waals surface area contributed by atoms with E-state index in [1.165, 1.54) is 25.7 Å². The largest absolute Gasteiger partial charge is 0.365 e. The molecule has 2 aliphatic rings. The van der Waals surface area contributed by atoms with Crippen molar-refractivity contribution >= 4 is 28.6 Å². The smallest absolute Gasteiger partial charge is 0.226 e. The van der Waals surface area contributed by atoms with Crippen molar-refractivity contribution in [1.29, 1.82) is 0 Å². The third-order valence-corrected chi connectivity index (χ3v) is 4.76. The van der Waals surface area contributed by atoms with E-state index in [0.29, 0.717) is 6.04 Å². The lowest BCUT2D eigenvalue weighted by Gasteiger charge is -2.23. The van der Waals surface area contributed by atoms with Crippen LogP contribution >= 0.6 is 11.6 Å². The topological polar surface area (TPSA) is 55.6 Å². The van der Waals surface area contributed by atoms with Crippen LogP contribution in [-0.2, 0) is 7.05 Å². The van der Waals surface area contributed by atoms with Crippen molar-refractivity contribution in [2.45, 2.75) is 31.7 Å². The summed E-state index contributed by atoms with van der Waals surface area (Å²) >= 11 is 6.01. The molecule has 0 aliphatic heterocycles. The van der Waals surface area contributed by atoms with Crippen LogP contribution in [0.1, 0.15) is 25.7 Å². The Morgan fingerprint density at radius 1 is 1.32 bits per heavy atom. The Bertz CT molecular complexity index is 637. The normalized spacial score (nSPS) is 29.3. The van der Waals surface area contributed by atoms with E-state index in [0.717, 1.165) is 28.8 Å². The molecule has 1 N–H and O–H groups in total. The first kappa shape index (κ1) is 11.5. The lowest BCUT2D eigenvalue weighted by atomic mass is 9.95. The van der Waals surface area contributed by atoms with Gasteiger partial charge in [-0.15, -0.1) is 0 Å². The summed E-state index contributed by atoms with van der Waals surface area (Å²) in [6.45, 7) is 0. The molecule has 0 saturated heterocycles. The fourth-order valence-electron chi connectivity index (χ4n) is 3.68. The molecule has 4 rings (SSSR count). The van der Waals surface area contributed by atoms with E-state index >= 15 is 0 Å². The Hall–Kier alpha value is -1.36. The van der Waals surface area contributed by atoms with Gasteiger partial charge in [-0.3, -0.25) is 0 Å². The van der Waals surface area contributed by atoms with Gasteiger partial charge in [0.2, 0.25) is 5.28 Å². The lowest BCUT2D eigenvalue weighted by molar-refractivity contribution is 0.439. The fraction of sp³-hybridized carbons (Fsp3) is 0.615. The maximum absolute atomic E-state index is 6.01. The van der Waals surface area contributed by atoms with E-state index in [2.05, 4.69) is 20.3 Å². The Labute approximate surface area is 116 Å². The molecule has 2 bridgehead atoms. The number of rotatable bonds is 2. The Morgan fingerprint density at radius 2 is 2.21 bits per heavy atom. The van der Waals surface area contributed by atoms with Gasteiger partial charge in [0, 0.05) is 13.1 Å². The molecule has 100 valence electrons. The SMILES string of the molecule is Cn1cnc2c(NC3CC4CCC3C4)nc(Cl)nc21. The zero-order valence-electron chi connectivity index (χ0n) is 10.8. The quantitative estimate of drug-likeness (QED) is 0.858. The minimum Gasteiger partial charge on any atom is -0.365 e. The third kappa shape index (κ3) is 1.79. The molecule has 5 nitrogen and oxygen atoms in total. The van der Waals surface area contributed by atoms with Crippen LogP contribution in [0.2, 0.25) is 5.28 Å². The van der Waals surface area contributed by atoms with Crippen LogP contribution < -0.4 is 5.32 Å². The first-order chi connectivity index (χ1) is 9.20. The molecule has 3 unspecified atom stereocenters. The maximum Gasteiger partial charge on any atom is 0.226 e. The van der Waals surface area contributed by atoms with Crippen LogP contribution in [-0.4, -0.2) is 25.6 Å². The second-order valence-electron chi connectivity index (χ2n) is 5.79. The number of anilines is 1. The van der Waals surface area contributed by atoms with Crippen LogP contribution in [0.4, 0.5) is 5.82 Å². The minimum absolute atomic E-state index is 0.279. The molecule has 2 saturated carbocycles. The molecule has 2 aromatic heterocycles. The van der Waals surface area contributed by atoms with Gasteiger partial charge in [-0.05, 0) is 42.7 Å². The highest BCUT2D eigenvalue weighted by Gasteiger charge is 2.39. The highest BCUT2D eigenvalue weighted by Crippen LogP contribution is 2.45. The second kappa shape index (κ2) is 4.07. The van der Waals surface area contributed by atoms with Crippen LogP contribution in [0.5, 0.6) is 0 Å². The lowest BCUT2D eigenvalue weighted by Crippen LogP contribution is -2.26. The first-order valence-electron chi connectivity index (χ1n) is 6.82. The number of aryl methyl sites for hydroxylation is 1. The number of nitrogens with one attached hydrogen (secondary N) is 1. The van der Waals surface area contributed by atoms with Crippen molar-refractivity contribution in [2.75, 3.05) is 5.32 Å². The molecule has 2 heterocycles. The standard InChI is InChI=1S/C13H16ClN5/c1-19-6-15-10-11(17-13(14)18-12(10)19)16-9-5-7-2-3-8(9)4-7/h6-9H,2-5H2,1H3,(H,16,17,18). The van der Waals surface area contributed by atoms with Gasteiger partial charge in [0.15, 0.2) is 17.0 Å². The molecule has 6 heteroatoms. The molecule has 3 atom stereocenters. The molecule has 2 aliphatic carbocycles. The van der Waals surface area contributed by atoms with E-state index in [9.17, 15) is 0 Å². The van der Waals surface area contributed by atoms with Crippen molar-refractivity contribution < 1.29 is 0 Å². The zero-order chi connectivity index (χ0) is 13.0. The van der Waals surface area contributed by atoms with Crippen LogP contribution in [0.25, 0.3) is 11.2 Å². The van der Waals surface area contributed by atoms with Gasteiger partial charge in [0.25, 0.3) is 0 Å². The summed E-state index contributed by atoms with van der Waals surface area (Å²) in [5.41, 5.74) is 1.60. The van der Waals surface area contributed by atoms with Crippen molar-refractivity contribution in [1.82, 2.24) is 19.5 Å². The average Bonchev–Trinajstić information content (AvgIpc) is 3.06. The number of hydrogen-bond donors (Lipinski definition) is 1. The highest BCUT2D eigenvalue weighted by molar-refractivity contribution is 6.28. The maximum atomic E-state index is 6.01. The van der Waals surface area contributed by atoms with E-state index in [4.69, 9.17) is 11.6 Å². The zero-order valence-corrected chi connectivity index (χ0v) is 11.6. The summed E-state index contributed by atoms with van der Waals surface area (Å²) in [5.74, 6) is 2.48. The van der Waals surface area contributed by atoms with Crippen molar-refractivity contribution in [3.63, 3.8) is 0 Å². The van der Waals surface area contributed by atoms with E-state index in [-0.39, 0.29) is 5.28 Å². The summed E-state index contributed by atoms with van der Waals surface area (Å²) < 4.78 is 1.87. The molecule has 0 radical (unpaired) electrons. The molecule has 0 aromatic carbocycles. The van der Waals surface area contributed by atoms with Crippen LogP contribution in [0, 0.1) is 11.8 Å². The monoisotopic (exact) mass is 277 g/mol. The molecular formula is C13H16ClN5. The number of nitrogens with zero attached hydrogens (tertiary/aromatic N) is 4. The third-order valence-electron chi connectivity index (χ3n) is 4.59. The van der Waals surface area contributed by atoms with Crippen LogP contribution in [0.15, 0.2) is 6.33 Å². The number of aromatic nitrogens is 4. The van der Waals surface area contributed by atoms with Gasteiger partial charge >= 0.3 is 0 Å². The van der Waals surface area contributed by atoms with E-state index in [1.54, 1.807) is 6.33 Å². The number of hydrogen-bond acceptors (Lipinski definition) is 4. The fourth-order valence-corrected chi connectivity index (χ4v) is 3.84. The summed E-state index contributed by atoms with van der Waals surface area (Å²) in [6, 6.07) is 0.523. The summed E-state index contributed by atoms with van der Waals surface area (Å²) in [4.78, 5) is 12.9. The molecule has 2 aromatic rings. The number of imidazole rings is 1. The predicted octanol–water partition coefficient (Wildman–Crippen LogP) is 2.62. The van der Waals surface area contributed by atoms with E-state index < -0.39 is 0 Å². The molecular weight excluding hydrogens is 262 g/mol. The Balaban J connectivity index is 1.71. The van der Waals surface area contributed by atoms with Gasteiger partial charge in [0.05, 0.1) is 6.33 Å². The Morgan fingerprint density at radius 3 is 2.95 bits per heavy atom. The summed E-state index contributed by atoms with van der Waals surface area (Å²) in [6.07, 6.45) is 7.10. The average molecular weight is 278 g/mol. The summed E-state index contributed by atoms with van der Waals surface area (Å²) in [7, 11) is 1.92. The predicted molar refractivity (Wildman–Crippen MR) is 74.2 cm³/mol. The van der Waals surface area contributed by atoms with Gasteiger partial charge in [0.1, 0.15) is 0 Å². The highest BCUT2D eigenvalue weighted by atomic mass is 35.5. The van der Waals surface area contributed by atoms with E-state index in [1.807, 2.05) is 11.6 Å². The Kier molecular flexibility index (Phi) is 2.45. The first-order valence-corrected chi connectivity index (χ1v) is 7.19. The summed E-state index contributed by atoms with van der Waals surface area (Å²) in [5, 5.41) is 3.84. The molecule has 2 fully saturated rings. The van der Waals surface area contributed by atoms with Gasteiger partial charge in [-0.1, -0.05) is 6.42 Å². The number of fused-ring (bicyclic) bond motifs is 3. The minimum atomic E-state index is 0.279. The van der Waals surface area contributed by atoms with Crippen molar-refractivity contribution in [3.8, 4) is 0 Å². The van der Waals surface area contributed by atoms with Crippen molar-refractivity contribution in [3.05, 3.63) is 11.6 Å². The van der Waals surface area contributed by atoms with Gasteiger partial charge in [-0.2, -0.15) is 9.97 Å². The molecule has 19 heavy (non-hydrogen) atoms. The van der Waals surface area contributed by atoms with Crippen molar-refractivity contribution in [2.24, 2.45) is 18.9 Å². The van der Waals surface area contributed by atoms with Gasteiger partial charge < -0.3 is 9.88 Å². The second-order valence-corrected chi connectivity index (χ2v) is 6.13. The molecule has 0 spiro atoms.